The second-order valence-electron chi connectivity index (χ2n) is 5.73. The smallest absolute Gasteiger partial charge is 0.174 e. The third-order valence-electron chi connectivity index (χ3n) is 4.01. The number of rotatable bonds is 6. The van der Waals surface area contributed by atoms with Gasteiger partial charge >= 0.3 is 0 Å². The van der Waals surface area contributed by atoms with E-state index in [-0.39, 0.29) is 6.10 Å². The average molecular weight is 346 g/mol. The number of furan rings is 1. The Morgan fingerprint density at radius 3 is 2.92 bits per heavy atom. The molecule has 0 aliphatic carbocycles. The van der Waals surface area contributed by atoms with Gasteiger partial charge in [0.1, 0.15) is 11.5 Å². The molecule has 2 heterocycles. The highest BCUT2D eigenvalue weighted by Crippen LogP contribution is 2.24. The molecule has 1 aromatic carbocycles. The molecule has 1 atom stereocenters. The van der Waals surface area contributed by atoms with Gasteiger partial charge in [0.25, 0.3) is 0 Å². The van der Waals surface area contributed by atoms with Crippen LogP contribution < -0.4 is 10.1 Å². The zero-order valence-electron chi connectivity index (χ0n) is 13.7. The highest BCUT2D eigenvalue weighted by molar-refractivity contribution is 7.80. The average Bonchev–Trinajstić information content (AvgIpc) is 3.28. The molecular weight excluding hydrogens is 324 g/mol. The van der Waals surface area contributed by atoms with Gasteiger partial charge < -0.3 is 24.1 Å². The first kappa shape index (κ1) is 16.8. The monoisotopic (exact) mass is 346 g/mol. The van der Waals surface area contributed by atoms with Gasteiger partial charge in [-0.2, -0.15) is 0 Å². The lowest BCUT2D eigenvalue weighted by Crippen LogP contribution is -2.39. The molecule has 0 spiro atoms. The normalized spacial score (nSPS) is 16.8. The molecule has 0 bridgehead atoms. The summed E-state index contributed by atoms with van der Waals surface area (Å²) in [5, 5.41) is 3.91. The van der Waals surface area contributed by atoms with Gasteiger partial charge in [0.2, 0.25) is 0 Å². The Labute approximate surface area is 147 Å². The predicted molar refractivity (Wildman–Crippen MR) is 97.3 cm³/mol. The van der Waals surface area contributed by atoms with Crippen LogP contribution in [0.25, 0.3) is 0 Å². The van der Waals surface area contributed by atoms with E-state index in [1.165, 1.54) is 0 Å². The van der Waals surface area contributed by atoms with Crippen molar-refractivity contribution in [2.75, 3.05) is 25.6 Å². The molecule has 0 saturated carbocycles. The van der Waals surface area contributed by atoms with Crippen molar-refractivity contribution in [1.82, 2.24) is 4.90 Å². The number of anilines is 1. The molecule has 3 rings (SSSR count). The zero-order valence-corrected chi connectivity index (χ0v) is 14.6. The van der Waals surface area contributed by atoms with E-state index in [4.69, 9.17) is 26.1 Å². The molecule has 1 N–H and O–H groups in total. The summed E-state index contributed by atoms with van der Waals surface area (Å²) < 4.78 is 16.6. The summed E-state index contributed by atoms with van der Waals surface area (Å²) in [6.45, 7) is 2.17. The Kier molecular flexibility index (Phi) is 5.72. The Bertz CT molecular complexity index is 654. The maximum absolute atomic E-state index is 5.76. The second kappa shape index (κ2) is 8.17. The van der Waals surface area contributed by atoms with Crippen LogP contribution >= 0.6 is 12.2 Å². The highest BCUT2D eigenvalue weighted by atomic mass is 32.1. The number of para-hydroxylation sites is 2. The van der Waals surface area contributed by atoms with Crippen molar-refractivity contribution in [2.24, 2.45) is 0 Å². The number of ether oxygens (including phenoxy) is 2. The second-order valence-corrected chi connectivity index (χ2v) is 6.11. The molecule has 24 heavy (non-hydrogen) atoms. The summed E-state index contributed by atoms with van der Waals surface area (Å²) in [5.74, 6) is 1.63. The Hall–Kier alpha value is -2.05. The van der Waals surface area contributed by atoms with Gasteiger partial charge in [0.05, 0.1) is 31.7 Å². The Balaban J connectivity index is 1.71. The molecule has 0 radical (unpaired) electrons. The molecule has 1 aromatic heterocycles. The van der Waals surface area contributed by atoms with Crippen molar-refractivity contribution >= 4 is 23.0 Å². The topological polar surface area (TPSA) is 46.9 Å². The third kappa shape index (κ3) is 4.27. The summed E-state index contributed by atoms with van der Waals surface area (Å²) >= 11 is 5.63. The molecule has 1 aliphatic heterocycles. The van der Waals surface area contributed by atoms with E-state index in [1.54, 1.807) is 13.4 Å². The quantitative estimate of drug-likeness (QED) is 0.806. The first-order valence-corrected chi connectivity index (χ1v) is 8.50. The van der Waals surface area contributed by atoms with Crippen molar-refractivity contribution in [1.29, 1.82) is 0 Å². The minimum absolute atomic E-state index is 0.206. The van der Waals surface area contributed by atoms with E-state index in [2.05, 4.69) is 10.2 Å². The van der Waals surface area contributed by atoms with Gasteiger partial charge in [0.15, 0.2) is 5.11 Å². The molecule has 128 valence electrons. The van der Waals surface area contributed by atoms with Crippen molar-refractivity contribution in [3.63, 3.8) is 0 Å². The Morgan fingerprint density at radius 1 is 1.33 bits per heavy atom. The van der Waals surface area contributed by atoms with Crippen molar-refractivity contribution in [3.05, 3.63) is 48.4 Å². The van der Waals surface area contributed by atoms with Gasteiger partial charge in [-0.25, -0.2) is 0 Å². The number of hydrogen-bond acceptors (Lipinski definition) is 4. The molecular formula is C18H22N2O3S. The SMILES string of the molecule is COc1ccccc1NC(=S)N(Cc1ccco1)CC1CCCO1. The molecule has 1 fully saturated rings. The zero-order chi connectivity index (χ0) is 16.8. The molecule has 5 nitrogen and oxygen atoms in total. The van der Waals surface area contributed by atoms with Crippen LogP contribution in [0.1, 0.15) is 18.6 Å². The van der Waals surface area contributed by atoms with E-state index >= 15 is 0 Å². The van der Waals surface area contributed by atoms with E-state index in [1.807, 2.05) is 36.4 Å². The van der Waals surface area contributed by atoms with E-state index in [9.17, 15) is 0 Å². The molecule has 1 aliphatic rings. The van der Waals surface area contributed by atoms with Crippen LogP contribution in [0.15, 0.2) is 47.1 Å². The van der Waals surface area contributed by atoms with Crippen LogP contribution in [0, 0.1) is 0 Å². The molecule has 0 amide bonds. The highest BCUT2D eigenvalue weighted by Gasteiger charge is 2.22. The lowest BCUT2D eigenvalue weighted by Gasteiger charge is -2.27. The summed E-state index contributed by atoms with van der Waals surface area (Å²) in [6, 6.07) is 11.6. The van der Waals surface area contributed by atoms with Crippen LogP contribution in [0.4, 0.5) is 5.69 Å². The predicted octanol–water partition coefficient (Wildman–Crippen LogP) is 3.67. The van der Waals surface area contributed by atoms with Gasteiger partial charge in [-0.15, -0.1) is 0 Å². The fourth-order valence-electron chi connectivity index (χ4n) is 2.79. The summed E-state index contributed by atoms with van der Waals surface area (Å²) in [4.78, 5) is 2.08. The van der Waals surface area contributed by atoms with Crippen molar-refractivity contribution in [3.8, 4) is 5.75 Å². The van der Waals surface area contributed by atoms with Crippen LogP contribution in [0.3, 0.4) is 0 Å². The minimum atomic E-state index is 0.206. The lowest BCUT2D eigenvalue weighted by molar-refractivity contribution is 0.0892. The number of nitrogens with zero attached hydrogens (tertiary/aromatic N) is 1. The van der Waals surface area contributed by atoms with E-state index < -0.39 is 0 Å². The first-order chi connectivity index (χ1) is 11.8. The summed E-state index contributed by atoms with van der Waals surface area (Å²) in [5.41, 5.74) is 0.849. The number of thiocarbonyl (C=S) groups is 1. The fraction of sp³-hybridized carbons (Fsp3) is 0.389. The number of nitrogens with one attached hydrogen (secondary N) is 1. The minimum Gasteiger partial charge on any atom is -0.495 e. The maximum atomic E-state index is 5.76. The van der Waals surface area contributed by atoms with Gasteiger partial charge in [-0.3, -0.25) is 0 Å². The first-order valence-electron chi connectivity index (χ1n) is 8.09. The molecule has 1 saturated heterocycles. The van der Waals surface area contributed by atoms with Gasteiger partial charge in [-0.1, -0.05) is 12.1 Å². The van der Waals surface area contributed by atoms with Crippen LogP contribution in [-0.2, 0) is 11.3 Å². The summed E-state index contributed by atoms with van der Waals surface area (Å²) in [7, 11) is 1.65. The van der Waals surface area contributed by atoms with Gasteiger partial charge in [-0.05, 0) is 49.3 Å². The fourth-order valence-corrected chi connectivity index (χ4v) is 3.04. The number of methoxy groups -OCH3 is 1. The van der Waals surface area contributed by atoms with Gasteiger partial charge in [0, 0.05) is 13.2 Å². The maximum Gasteiger partial charge on any atom is 0.174 e. The Morgan fingerprint density at radius 2 is 2.21 bits per heavy atom. The van der Waals surface area contributed by atoms with Crippen LogP contribution in [-0.4, -0.2) is 36.4 Å². The number of benzene rings is 1. The van der Waals surface area contributed by atoms with Crippen LogP contribution in [0.2, 0.25) is 0 Å². The standard InChI is InChI=1S/C18H22N2O3S/c1-21-17-9-3-2-8-16(17)19-18(24)20(12-14-6-4-10-22-14)13-15-7-5-11-23-15/h2-4,6,8-10,15H,5,7,11-13H2,1H3,(H,19,24). The van der Waals surface area contributed by atoms with Crippen molar-refractivity contribution in [2.45, 2.75) is 25.5 Å². The largest absolute Gasteiger partial charge is 0.495 e. The van der Waals surface area contributed by atoms with Crippen molar-refractivity contribution < 1.29 is 13.9 Å². The van der Waals surface area contributed by atoms with E-state index in [0.29, 0.717) is 11.7 Å². The van der Waals surface area contributed by atoms with Crippen LogP contribution in [0.5, 0.6) is 5.75 Å². The molecule has 1 unspecified atom stereocenters. The lowest BCUT2D eigenvalue weighted by atomic mass is 10.2. The molecule has 2 aromatic rings. The number of hydrogen-bond donors (Lipinski definition) is 1. The van der Waals surface area contributed by atoms with E-state index in [0.717, 1.165) is 43.2 Å². The molecule has 6 heteroatoms. The third-order valence-corrected chi connectivity index (χ3v) is 4.37. The summed E-state index contributed by atoms with van der Waals surface area (Å²) in [6.07, 6.45) is 4.05.